The lowest BCUT2D eigenvalue weighted by Gasteiger charge is -2.21. The summed E-state index contributed by atoms with van der Waals surface area (Å²) in [7, 11) is 1.71. The molecule has 0 amide bonds. The van der Waals surface area contributed by atoms with E-state index in [0.717, 1.165) is 52.3 Å². The second-order valence-corrected chi connectivity index (χ2v) is 7.44. The Bertz CT molecular complexity index is 534. The molecule has 0 saturated heterocycles. The van der Waals surface area contributed by atoms with Crippen LogP contribution in [0.4, 0.5) is 0 Å². The van der Waals surface area contributed by atoms with E-state index in [9.17, 15) is 0 Å². The maximum atomic E-state index is 6.14. The number of ether oxygens (including phenoxy) is 1. The van der Waals surface area contributed by atoms with Crippen LogP contribution in [0.25, 0.3) is 0 Å². The van der Waals surface area contributed by atoms with Gasteiger partial charge in [-0.3, -0.25) is 11.3 Å². The molecular formula is C17H23ClN2O. The molecule has 1 aromatic rings. The van der Waals surface area contributed by atoms with E-state index in [-0.39, 0.29) is 0 Å². The molecule has 5 atom stereocenters. The van der Waals surface area contributed by atoms with Crippen molar-refractivity contribution in [3.63, 3.8) is 0 Å². The highest BCUT2D eigenvalue weighted by atomic mass is 35.5. The van der Waals surface area contributed by atoms with Gasteiger partial charge in [-0.15, -0.1) is 0 Å². The Morgan fingerprint density at radius 3 is 2.67 bits per heavy atom. The summed E-state index contributed by atoms with van der Waals surface area (Å²) >= 11 is 6.14. The summed E-state index contributed by atoms with van der Waals surface area (Å²) in [4.78, 5) is 0. The zero-order valence-electron chi connectivity index (χ0n) is 12.4. The molecule has 1 aromatic carbocycles. The number of hydrogen-bond donors (Lipinski definition) is 2. The molecule has 3 aliphatic rings. The predicted molar refractivity (Wildman–Crippen MR) is 84.1 cm³/mol. The summed E-state index contributed by atoms with van der Waals surface area (Å²) in [5.74, 6) is 11.3. The van der Waals surface area contributed by atoms with Gasteiger partial charge in [-0.2, -0.15) is 0 Å². The smallest absolute Gasteiger partial charge is 0.122 e. The molecule has 3 N–H and O–H groups in total. The van der Waals surface area contributed by atoms with Crippen LogP contribution in [0.5, 0.6) is 5.75 Å². The van der Waals surface area contributed by atoms with Crippen LogP contribution in [-0.2, 0) is 6.42 Å². The first kappa shape index (κ1) is 13.9. The minimum absolute atomic E-state index is 0.343. The second-order valence-electron chi connectivity index (χ2n) is 7.00. The van der Waals surface area contributed by atoms with Gasteiger partial charge in [0.25, 0.3) is 0 Å². The normalized spacial score (nSPS) is 37.4. The third kappa shape index (κ3) is 2.18. The number of fused-ring (bicyclic) bond motifs is 5. The van der Waals surface area contributed by atoms with Gasteiger partial charge in [0.15, 0.2) is 0 Å². The minimum Gasteiger partial charge on any atom is -0.496 e. The molecule has 114 valence electrons. The molecule has 0 aliphatic heterocycles. The van der Waals surface area contributed by atoms with Crippen LogP contribution in [0.3, 0.4) is 0 Å². The zero-order valence-corrected chi connectivity index (χ0v) is 13.1. The maximum Gasteiger partial charge on any atom is 0.122 e. The first-order chi connectivity index (χ1) is 10.2. The summed E-state index contributed by atoms with van der Waals surface area (Å²) < 4.78 is 5.47. The van der Waals surface area contributed by atoms with Gasteiger partial charge >= 0.3 is 0 Å². The van der Waals surface area contributed by atoms with E-state index >= 15 is 0 Å². The monoisotopic (exact) mass is 306 g/mol. The third-order valence-electron chi connectivity index (χ3n) is 6.16. The fraction of sp³-hybridized carbons (Fsp3) is 0.647. The SMILES string of the molecule is COc1ccc(Cl)cc1CC(NN)C1C2C3CCC(C3)C21. The number of nitrogens with two attached hydrogens (primary N) is 1. The number of hydrazine groups is 1. The van der Waals surface area contributed by atoms with E-state index in [0.29, 0.717) is 6.04 Å². The number of rotatable bonds is 5. The Morgan fingerprint density at radius 2 is 2.05 bits per heavy atom. The Morgan fingerprint density at radius 1 is 1.33 bits per heavy atom. The largest absolute Gasteiger partial charge is 0.496 e. The molecule has 0 spiro atoms. The first-order valence-electron chi connectivity index (χ1n) is 8.01. The quantitative estimate of drug-likeness (QED) is 0.649. The molecule has 0 heterocycles. The lowest BCUT2D eigenvalue weighted by Crippen LogP contribution is -2.40. The molecule has 3 aliphatic carbocycles. The van der Waals surface area contributed by atoms with Crippen molar-refractivity contribution < 1.29 is 4.74 Å². The second kappa shape index (κ2) is 5.15. The van der Waals surface area contributed by atoms with Gasteiger partial charge in [0, 0.05) is 11.1 Å². The highest BCUT2D eigenvalue weighted by molar-refractivity contribution is 6.30. The summed E-state index contributed by atoms with van der Waals surface area (Å²) in [5.41, 5.74) is 4.24. The molecule has 0 radical (unpaired) electrons. The average Bonchev–Trinajstić information content (AvgIpc) is 2.91. The fourth-order valence-electron chi connectivity index (χ4n) is 5.38. The minimum atomic E-state index is 0.343. The first-order valence-corrected chi connectivity index (χ1v) is 8.39. The lowest BCUT2D eigenvalue weighted by molar-refractivity contribution is 0.357. The Kier molecular flexibility index (Phi) is 3.40. The van der Waals surface area contributed by atoms with Gasteiger partial charge in [-0.1, -0.05) is 11.6 Å². The molecule has 0 aromatic heterocycles. The van der Waals surface area contributed by atoms with Gasteiger partial charge in [0.1, 0.15) is 5.75 Å². The van der Waals surface area contributed by atoms with Crippen molar-refractivity contribution in [2.24, 2.45) is 35.4 Å². The van der Waals surface area contributed by atoms with Crippen molar-refractivity contribution in [2.45, 2.75) is 31.7 Å². The van der Waals surface area contributed by atoms with Crippen molar-refractivity contribution in [1.82, 2.24) is 5.43 Å². The van der Waals surface area contributed by atoms with Gasteiger partial charge in [0.2, 0.25) is 0 Å². The predicted octanol–water partition coefficient (Wildman–Crippen LogP) is 3.02. The van der Waals surface area contributed by atoms with Crippen LogP contribution >= 0.6 is 11.6 Å². The summed E-state index contributed by atoms with van der Waals surface area (Å²) in [6, 6.07) is 6.18. The Balaban J connectivity index is 1.52. The van der Waals surface area contributed by atoms with Crippen LogP contribution in [0.15, 0.2) is 18.2 Å². The van der Waals surface area contributed by atoms with E-state index in [1.54, 1.807) is 7.11 Å². The van der Waals surface area contributed by atoms with E-state index in [1.165, 1.54) is 19.3 Å². The van der Waals surface area contributed by atoms with Crippen LogP contribution in [-0.4, -0.2) is 13.2 Å². The van der Waals surface area contributed by atoms with Crippen LogP contribution < -0.4 is 16.0 Å². The third-order valence-corrected chi connectivity index (χ3v) is 6.39. The van der Waals surface area contributed by atoms with Gasteiger partial charge in [-0.05, 0) is 79.0 Å². The van der Waals surface area contributed by atoms with E-state index in [2.05, 4.69) is 5.43 Å². The van der Waals surface area contributed by atoms with E-state index in [1.807, 2.05) is 18.2 Å². The van der Waals surface area contributed by atoms with E-state index < -0.39 is 0 Å². The summed E-state index contributed by atoms with van der Waals surface area (Å²) in [6.45, 7) is 0. The topological polar surface area (TPSA) is 47.3 Å². The summed E-state index contributed by atoms with van der Waals surface area (Å²) in [6.07, 6.45) is 5.27. The van der Waals surface area contributed by atoms with Crippen molar-refractivity contribution >= 4 is 11.6 Å². The molecule has 2 bridgehead atoms. The molecule has 21 heavy (non-hydrogen) atoms. The standard InChI is InChI=1S/C17H23ClN2O/c1-21-14-5-4-12(18)7-11(14)8-13(20-19)17-15-9-2-3-10(6-9)16(15)17/h4-5,7,9-10,13,15-17,20H,2-3,6,8,19H2,1H3. The highest BCUT2D eigenvalue weighted by Gasteiger charge is 2.66. The Hall–Kier alpha value is -0.770. The van der Waals surface area contributed by atoms with Gasteiger partial charge in [-0.25, -0.2) is 0 Å². The van der Waals surface area contributed by atoms with Crippen molar-refractivity contribution in [3.8, 4) is 5.75 Å². The number of hydrogen-bond acceptors (Lipinski definition) is 3. The molecule has 3 nitrogen and oxygen atoms in total. The number of methoxy groups -OCH3 is 1. The molecular weight excluding hydrogens is 284 g/mol. The van der Waals surface area contributed by atoms with Crippen LogP contribution in [0.2, 0.25) is 5.02 Å². The zero-order chi connectivity index (χ0) is 14.6. The van der Waals surface area contributed by atoms with Gasteiger partial charge in [0.05, 0.1) is 7.11 Å². The fourth-order valence-corrected chi connectivity index (χ4v) is 5.57. The van der Waals surface area contributed by atoms with Crippen LogP contribution in [0.1, 0.15) is 24.8 Å². The molecule has 5 unspecified atom stereocenters. The number of benzene rings is 1. The highest BCUT2D eigenvalue weighted by Crippen LogP contribution is 2.70. The number of nitrogens with one attached hydrogen (secondary N) is 1. The van der Waals surface area contributed by atoms with Crippen molar-refractivity contribution in [1.29, 1.82) is 0 Å². The molecule has 4 rings (SSSR count). The van der Waals surface area contributed by atoms with E-state index in [4.69, 9.17) is 22.2 Å². The van der Waals surface area contributed by atoms with Crippen LogP contribution in [0, 0.1) is 29.6 Å². The summed E-state index contributed by atoms with van der Waals surface area (Å²) in [5, 5.41) is 0.762. The lowest BCUT2D eigenvalue weighted by atomic mass is 9.93. The number of halogens is 1. The molecule has 3 saturated carbocycles. The molecule has 3 fully saturated rings. The van der Waals surface area contributed by atoms with Crippen molar-refractivity contribution in [2.75, 3.05) is 7.11 Å². The van der Waals surface area contributed by atoms with Crippen molar-refractivity contribution in [3.05, 3.63) is 28.8 Å². The average molecular weight is 307 g/mol. The maximum absolute atomic E-state index is 6.14. The molecule has 4 heteroatoms. The van der Waals surface area contributed by atoms with Gasteiger partial charge < -0.3 is 4.74 Å². The Labute approximate surface area is 131 Å².